The van der Waals surface area contributed by atoms with E-state index in [0.29, 0.717) is 43.4 Å². The number of para-hydroxylation sites is 1. The number of aromatic nitrogens is 1. The predicted molar refractivity (Wildman–Crippen MR) is 121 cm³/mol. The van der Waals surface area contributed by atoms with Gasteiger partial charge < -0.3 is 14.8 Å². The van der Waals surface area contributed by atoms with Gasteiger partial charge in [0.25, 0.3) is 0 Å². The molecule has 2 fully saturated rings. The summed E-state index contributed by atoms with van der Waals surface area (Å²) in [5.74, 6) is -0.571. The number of nitrogens with zero attached hydrogens (tertiary/aromatic N) is 2. The Kier molecular flexibility index (Phi) is 5.43. The van der Waals surface area contributed by atoms with Gasteiger partial charge in [-0.2, -0.15) is 0 Å². The lowest BCUT2D eigenvalue weighted by Gasteiger charge is -2.45. The van der Waals surface area contributed by atoms with Crippen LogP contribution in [0.2, 0.25) is 0 Å². The van der Waals surface area contributed by atoms with Crippen molar-refractivity contribution in [3.63, 3.8) is 0 Å². The topological polar surface area (TPSA) is 56.4 Å². The van der Waals surface area contributed by atoms with Crippen LogP contribution in [0.4, 0.5) is 8.78 Å². The summed E-state index contributed by atoms with van der Waals surface area (Å²) in [7, 11) is 0. The maximum atomic E-state index is 14.2. The van der Waals surface area contributed by atoms with Gasteiger partial charge in [0.05, 0.1) is 11.9 Å². The summed E-state index contributed by atoms with van der Waals surface area (Å²) in [5.41, 5.74) is 2.26. The van der Waals surface area contributed by atoms with E-state index in [1.807, 2.05) is 22.8 Å². The molecular formula is C26H27F2N3O2. The van der Waals surface area contributed by atoms with Crippen molar-refractivity contribution in [3.05, 3.63) is 70.9 Å². The normalized spacial score (nSPS) is 18.0. The number of amides is 2. The number of likely N-dealkylation sites (tertiary alicyclic amines) is 2. The summed E-state index contributed by atoms with van der Waals surface area (Å²) in [4.78, 5) is 32.5. The molecule has 0 saturated carbocycles. The van der Waals surface area contributed by atoms with Gasteiger partial charge in [-0.15, -0.1) is 0 Å². The Hall–Kier alpha value is -3.22. The van der Waals surface area contributed by atoms with Crippen LogP contribution in [0.5, 0.6) is 0 Å². The molecule has 2 aromatic carbocycles. The molecule has 2 aliphatic rings. The number of carbonyl (C=O) groups excluding carboxylic acids is 2. The Labute approximate surface area is 191 Å². The second-order valence-electron chi connectivity index (χ2n) is 9.24. The standard InChI is InChI=1S/C26H27F2N3O2/c1-17-20(19-6-4-8-22(28)25(19)29-17)15-24(33)30-13-11-26(12-14-30)10-9-23(32)31(26)16-18-5-2-3-7-21(18)27/h2-8,29H,9-16H2,1H3. The molecule has 172 valence electrons. The molecule has 5 nitrogen and oxygen atoms in total. The van der Waals surface area contributed by atoms with E-state index in [0.717, 1.165) is 23.1 Å². The van der Waals surface area contributed by atoms with E-state index < -0.39 is 0 Å². The van der Waals surface area contributed by atoms with E-state index in [2.05, 4.69) is 4.98 Å². The summed E-state index contributed by atoms with van der Waals surface area (Å²) in [6.07, 6.45) is 2.77. The molecule has 3 heterocycles. The average Bonchev–Trinajstić information content (AvgIpc) is 3.28. The maximum absolute atomic E-state index is 14.2. The minimum Gasteiger partial charge on any atom is -0.356 e. The minimum absolute atomic E-state index is 0.00286. The Morgan fingerprint density at radius 3 is 2.52 bits per heavy atom. The molecule has 1 spiro atoms. The van der Waals surface area contributed by atoms with Gasteiger partial charge in [-0.25, -0.2) is 8.78 Å². The van der Waals surface area contributed by atoms with Gasteiger partial charge in [-0.05, 0) is 43.9 Å². The fraction of sp³-hybridized carbons (Fsp3) is 0.385. The summed E-state index contributed by atoms with van der Waals surface area (Å²) in [6.45, 7) is 3.23. The second kappa shape index (κ2) is 8.28. The fourth-order valence-corrected chi connectivity index (χ4v) is 5.48. The number of carbonyl (C=O) groups is 2. The number of fused-ring (bicyclic) bond motifs is 1. The Bertz CT molecular complexity index is 1230. The number of benzene rings is 2. The SMILES string of the molecule is Cc1[nH]c2c(F)cccc2c1CC(=O)N1CCC2(CCC(=O)N2Cc2ccccc2F)CC1. The lowest BCUT2D eigenvalue weighted by Crippen LogP contribution is -2.54. The molecule has 0 aliphatic carbocycles. The maximum Gasteiger partial charge on any atom is 0.227 e. The van der Waals surface area contributed by atoms with E-state index in [-0.39, 0.29) is 42.0 Å². The molecule has 2 amide bonds. The van der Waals surface area contributed by atoms with Crippen LogP contribution in [0.25, 0.3) is 10.9 Å². The Morgan fingerprint density at radius 1 is 1.03 bits per heavy atom. The zero-order valence-corrected chi connectivity index (χ0v) is 18.7. The number of H-pyrrole nitrogens is 1. The van der Waals surface area contributed by atoms with Crippen molar-refractivity contribution in [2.24, 2.45) is 0 Å². The monoisotopic (exact) mass is 451 g/mol. The van der Waals surface area contributed by atoms with E-state index >= 15 is 0 Å². The van der Waals surface area contributed by atoms with Crippen LogP contribution in [0.3, 0.4) is 0 Å². The molecule has 7 heteroatoms. The van der Waals surface area contributed by atoms with Gasteiger partial charge in [0.1, 0.15) is 11.6 Å². The fourth-order valence-electron chi connectivity index (χ4n) is 5.48. The largest absolute Gasteiger partial charge is 0.356 e. The van der Waals surface area contributed by atoms with Crippen LogP contribution in [-0.2, 0) is 22.6 Å². The van der Waals surface area contributed by atoms with Gasteiger partial charge >= 0.3 is 0 Å². The van der Waals surface area contributed by atoms with Crippen molar-refractivity contribution in [2.45, 2.75) is 51.1 Å². The summed E-state index contributed by atoms with van der Waals surface area (Å²) in [5, 5.41) is 0.742. The molecule has 2 aliphatic heterocycles. The quantitative estimate of drug-likeness (QED) is 0.636. The number of aryl methyl sites for hydroxylation is 1. The molecule has 3 aromatic rings. The molecular weight excluding hydrogens is 424 g/mol. The van der Waals surface area contributed by atoms with Crippen molar-refractivity contribution >= 4 is 22.7 Å². The first-order chi connectivity index (χ1) is 15.9. The lowest BCUT2D eigenvalue weighted by atomic mass is 9.84. The van der Waals surface area contributed by atoms with Crippen molar-refractivity contribution in [3.8, 4) is 0 Å². The molecule has 1 N–H and O–H groups in total. The number of nitrogens with one attached hydrogen (secondary N) is 1. The van der Waals surface area contributed by atoms with Crippen LogP contribution in [0, 0.1) is 18.6 Å². The van der Waals surface area contributed by atoms with Crippen molar-refractivity contribution in [2.75, 3.05) is 13.1 Å². The summed E-state index contributed by atoms with van der Waals surface area (Å²) < 4.78 is 28.3. The number of hydrogen-bond acceptors (Lipinski definition) is 2. The smallest absolute Gasteiger partial charge is 0.227 e. The van der Waals surface area contributed by atoms with Crippen LogP contribution < -0.4 is 0 Å². The predicted octanol–water partition coefficient (Wildman–Crippen LogP) is 4.48. The zero-order valence-electron chi connectivity index (χ0n) is 18.7. The Morgan fingerprint density at radius 2 is 1.76 bits per heavy atom. The molecule has 0 radical (unpaired) electrons. The highest BCUT2D eigenvalue weighted by molar-refractivity contribution is 5.90. The highest BCUT2D eigenvalue weighted by Gasteiger charge is 2.47. The Balaban J connectivity index is 1.29. The van der Waals surface area contributed by atoms with Gasteiger partial charge in [0, 0.05) is 48.2 Å². The van der Waals surface area contributed by atoms with Crippen LogP contribution in [0.1, 0.15) is 42.5 Å². The van der Waals surface area contributed by atoms with Crippen LogP contribution >= 0.6 is 0 Å². The van der Waals surface area contributed by atoms with Gasteiger partial charge in [-0.1, -0.05) is 30.3 Å². The average molecular weight is 452 g/mol. The molecule has 5 rings (SSSR count). The zero-order chi connectivity index (χ0) is 23.2. The third-order valence-electron chi connectivity index (χ3n) is 7.44. The lowest BCUT2D eigenvalue weighted by molar-refractivity contribution is -0.136. The molecule has 1 aromatic heterocycles. The molecule has 2 saturated heterocycles. The van der Waals surface area contributed by atoms with Crippen molar-refractivity contribution < 1.29 is 18.4 Å². The van der Waals surface area contributed by atoms with Crippen LogP contribution in [-0.4, -0.2) is 45.2 Å². The number of piperidine rings is 1. The van der Waals surface area contributed by atoms with E-state index in [9.17, 15) is 18.4 Å². The first-order valence-corrected chi connectivity index (χ1v) is 11.5. The number of rotatable bonds is 4. The van der Waals surface area contributed by atoms with Gasteiger partial charge in [0.15, 0.2) is 0 Å². The highest BCUT2D eigenvalue weighted by Crippen LogP contribution is 2.40. The molecule has 0 bridgehead atoms. The van der Waals surface area contributed by atoms with Gasteiger partial charge in [0.2, 0.25) is 11.8 Å². The molecule has 0 atom stereocenters. The van der Waals surface area contributed by atoms with Crippen LogP contribution in [0.15, 0.2) is 42.5 Å². The first kappa shape index (κ1) is 21.6. The van der Waals surface area contributed by atoms with E-state index in [1.165, 1.54) is 12.1 Å². The van der Waals surface area contributed by atoms with Crippen molar-refractivity contribution in [1.29, 1.82) is 0 Å². The molecule has 0 unspecified atom stereocenters. The van der Waals surface area contributed by atoms with Gasteiger partial charge in [-0.3, -0.25) is 9.59 Å². The number of hydrogen-bond donors (Lipinski definition) is 1. The third-order valence-corrected chi connectivity index (χ3v) is 7.44. The van der Waals surface area contributed by atoms with Crippen molar-refractivity contribution in [1.82, 2.24) is 14.8 Å². The number of halogens is 2. The second-order valence-corrected chi connectivity index (χ2v) is 9.24. The molecule has 33 heavy (non-hydrogen) atoms. The summed E-state index contributed by atoms with van der Waals surface area (Å²) in [6, 6.07) is 11.5. The highest BCUT2D eigenvalue weighted by atomic mass is 19.1. The first-order valence-electron chi connectivity index (χ1n) is 11.5. The third kappa shape index (κ3) is 3.79. The van der Waals surface area contributed by atoms with E-state index in [1.54, 1.807) is 24.3 Å². The number of aromatic amines is 1. The minimum atomic E-state index is -0.324. The van der Waals surface area contributed by atoms with E-state index in [4.69, 9.17) is 0 Å². The summed E-state index contributed by atoms with van der Waals surface area (Å²) >= 11 is 0.